The molecule has 0 radical (unpaired) electrons. The Bertz CT molecular complexity index is 453. The molecular weight excluding hydrogens is 240 g/mol. The molecule has 1 aliphatic heterocycles. The lowest BCUT2D eigenvalue weighted by molar-refractivity contribution is 0.0786. The second kappa shape index (κ2) is 5.99. The van der Waals surface area contributed by atoms with Gasteiger partial charge in [0.25, 0.3) is 5.91 Å². The number of rotatable bonds is 4. The zero-order valence-electron chi connectivity index (χ0n) is 11.9. The van der Waals surface area contributed by atoms with Crippen molar-refractivity contribution < 1.29 is 4.79 Å². The summed E-state index contributed by atoms with van der Waals surface area (Å²) in [6, 6.07) is 1.76. The van der Waals surface area contributed by atoms with Gasteiger partial charge in [0.1, 0.15) is 17.3 Å². The standard InChI is InChI=1S/C14H22N4O/c1-10(2)9-15-13-8-12(16-11(3)17-13)14(19)18-6-4-5-7-18/h8,10H,4-7,9H2,1-3H3,(H,15,16,17). The maximum Gasteiger partial charge on any atom is 0.272 e. The van der Waals surface area contributed by atoms with Gasteiger partial charge in [0.05, 0.1) is 0 Å². The molecule has 0 atom stereocenters. The summed E-state index contributed by atoms with van der Waals surface area (Å²) in [5.74, 6) is 1.93. The largest absolute Gasteiger partial charge is 0.370 e. The number of amides is 1. The average Bonchev–Trinajstić information content (AvgIpc) is 2.88. The minimum atomic E-state index is 0.0237. The molecule has 1 saturated heterocycles. The van der Waals surface area contributed by atoms with E-state index in [4.69, 9.17) is 0 Å². The van der Waals surface area contributed by atoms with Gasteiger partial charge in [-0.05, 0) is 25.7 Å². The third-order valence-electron chi connectivity index (χ3n) is 3.14. The van der Waals surface area contributed by atoms with E-state index >= 15 is 0 Å². The first kappa shape index (κ1) is 13.8. The van der Waals surface area contributed by atoms with Crippen molar-refractivity contribution in [1.82, 2.24) is 14.9 Å². The van der Waals surface area contributed by atoms with Crippen molar-refractivity contribution in [3.8, 4) is 0 Å². The molecule has 104 valence electrons. The Balaban J connectivity index is 2.13. The molecule has 1 amide bonds. The predicted octanol–water partition coefficient (Wildman–Crippen LogP) is 2.09. The third-order valence-corrected chi connectivity index (χ3v) is 3.14. The molecule has 5 nitrogen and oxygen atoms in total. The second-order valence-electron chi connectivity index (χ2n) is 5.46. The fourth-order valence-electron chi connectivity index (χ4n) is 2.16. The van der Waals surface area contributed by atoms with Crippen molar-refractivity contribution in [2.75, 3.05) is 25.0 Å². The maximum atomic E-state index is 12.3. The molecule has 0 aromatic carbocycles. The summed E-state index contributed by atoms with van der Waals surface area (Å²) >= 11 is 0. The van der Waals surface area contributed by atoms with Crippen LogP contribution in [0.5, 0.6) is 0 Å². The van der Waals surface area contributed by atoms with E-state index in [1.807, 2.05) is 11.8 Å². The van der Waals surface area contributed by atoms with Gasteiger partial charge >= 0.3 is 0 Å². The third kappa shape index (κ3) is 3.66. The molecule has 2 rings (SSSR count). The second-order valence-corrected chi connectivity index (χ2v) is 5.46. The Labute approximate surface area is 114 Å². The van der Waals surface area contributed by atoms with E-state index in [0.717, 1.165) is 38.3 Å². The molecule has 0 spiro atoms. The maximum absolute atomic E-state index is 12.3. The monoisotopic (exact) mass is 262 g/mol. The van der Waals surface area contributed by atoms with Gasteiger partial charge in [-0.15, -0.1) is 0 Å². The molecule has 1 fully saturated rings. The Morgan fingerprint density at radius 2 is 2.05 bits per heavy atom. The van der Waals surface area contributed by atoms with Gasteiger partial charge in [-0.2, -0.15) is 0 Å². The molecule has 0 unspecified atom stereocenters. The quantitative estimate of drug-likeness (QED) is 0.902. The van der Waals surface area contributed by atoms with Gasteiger partial charge in [-0.3, -0.25) is 4.79 Å². The van der Waals surface area contributed by atoms with Crippen molar-refractivity contribution in [2.24, 2.45) is 5.92 Å². The number of likely N-dealkylation sites (tertiary alicyclic amines) is 1. The smallest absolute Gasteiger partial charge is 0.272 e. The van der Waals surface area contributed by atoms with Crippen LogP contribution < -0.4 is 5.32 Å². The van der Waals surface area contributed by atoms with Crippen LogP contribution in [-0.4, -0.2) is 40.4 Å². The number of hydrogen-bond donors (Lipinski definition) is 1. The summed E-state index contributed by atoms with van der Waals surface area (Å²) in [7, 11) is 0. The molecule has 0 bridgehead atoms. The first-order chi connectivity index (χ1) is 9.06. The van der Waals surface area contributed by atoms with E-state index in [-0.39, 0.29) is 5.91 Å². The average molecular weight is 262 g/mol. The zero-order chi connectivity index (χ0) is 13.8. The first-order valence-electron chi connectivity index (χ1n) is 6.95. The van der Waals surface area contributed by atoms with Crippen LogP contribution in [0.4, 0.5) is 5.82 Å². The Kier molecular flexibility index (Phi) is 4.35. The SMILES string of the molecule is Cc1nc(NCC(C)C)cc(C(=O)N2CCCC2)n1. The lowest BCUT2D eigenvalue weighted by Crippen LogP contribution is -2.28. The van der Waals surface area contributed by atoms with Gasteiger partial charge in [0.15, 0.2) is 0 Å². The molecule has 1 aromatic rings. The summed E-state index contributed by atoms with van der Waals surface area (Å²) in [4.78, 5) is 22.8. The summed E-state index contributed by atoms with van der Waals surface area (Å²) in [5.41, 5.74) is 0.501. The zero-order valence-corrected chi connectivity index (χ0v) is 11.9. The van der Waals surface area contributed by atoms with Crippen molar-refractivity contribution in [3.05, 3.63) is 17.6 Å². The van der Waals surface area contributed by atoms with E-state index in [9.17, 15) is 4.79 Å². The number of carbonyl (C=O) groups is 1. The Morgan fingerprint density at radius 1 is 1.37 bits per heavy atom. The van der Waals surface area contributed by atoms with Crippen molar-refractivity contribution in [2.45, 2.75) is 33.6 Å². The Morgan fingerprint density at radius 3 is 2.68 bits per heavy atom. The van der Waals surface area contributed by atoms with E-state index < -0.39 is 0 Å². The number of nitrogens with zero attached hydrogens (tertiary/aromatic N) is 3. The fourth-order valence-corrected chi connectivity index (χ4v) is 2.16. The molecule has 0 aliphatic carbocycles. The highest BCUT2D eigenvalue weighted by atomic mass is 16.2. The molecule has 2 heterocycles. The van der Waals surface area contributed by atoms with Gasteiger partial charge in [-0.25, -0.2) is 9.97 Å². The van der Waals surface area contributed by atoms with E-state index in [0.29, 0.717) is 17.4 Å². The molecule has 1 N–H and O–H groups in total. The normalized spacial score (nSPS) is 15.1. The number of nitrogens with one attached hydrogen (secondary N) is 1. The number of aryl methyl sites for hydroxylation is 1. The van der Waals surface area contributed by atoms with Crippen LogP contribution in [0.15, 0.2) is 6.07 Å². The van der Waals surface area contributed by atoms with Crippen LogP contribution in [0.3, 0.4) is 0 Å². The molecule has 1 aliphatic rings. The number of carbonyl (C=O) groups excluding carboxylic acids is 1. The topological polar surface area (TPSA) is 58.1 Å². The van der Waals surface area contributed by atoms with Crippen molar-refractivity contribution >= 4 is 11.7 Å². The highest BCUT2D eigenvalue weighted by molar-refractivity contribution is 5.93. The lowest BCUT2D eigenvalue weighted by atomic mass is 10.2. The molecule has 5 heteroatoms. The van der Waals surface area contributed by atoms with Gasteiger partial charge < -0.3 is 10.2 Å². The summed E-state index contributed by atoms with van der Waals surface area (Å²) in [6.45, 7) is 8.62. The molecule has 0 saturated carbocycles. The predicted molar refractivity (Wildman–Crippen MR) is 75.2 cm³/mol. The van der Waals surface area contributed by atoms with Crippen LogP contribution in [0.1, 0.15) is 43.0 Å². The van der Waals surface area contributed by atoms with Crippen molar-refractivity contribution in [1.29, 1.82) is 0 Å². The highest BCUT2D eigenvalue weighted by Crippen LogP contribution is 2.14. The molecule has 1 aromatic heterocycles. The van der Waals surface area contributed by atoms with E-state index in [2.05, 4.69) is 29.1 Å². The van der Waals surface area contributed by atoms with Gasteiger partial charge in [0.2, 0.25) is 0 Å². The van der Waals surface area contributed by atoms with Gasteiger partial charge in [0, 0.05) is 25.7 Å². The van der Waals surface area contributed by atoms with Crippen LogP contribution in [0, 0.1) is 12.8 Å². The fraction of sp³-hybridized carbons (Fsp3) is 0.643. The van der Waals surface area contributed by atoms with Gasteiger partial charge in [-0.1, -0.05) is 13.8 Å². The Hall–Kier alpha value is -1.65. The van der Waals surface area contributed by atoms with Crippen molar-refractivity contribution in [3.63, 3.8) is 0 Å². The number of anilines is 1. The van der Waals surface area contributed by atoms with Crippen LogP contribution >= 0.6 is 0 Å². The summed E-state index contributed by atoms with van der Waals surface area (Å²) < 4.78 is 0. The van der Waals surface area contributed by atoms with Crippen LogP contribution in [0.25, 0.3) is 0 Å². The van der Waals surface area contributed by atoms with E-state index in [1.54, 1.807) is 6.07 Å². The van der Waals surface area contributed by atoms with Crippen LogP contribution in [-0.2, 0) is 0 Å². The van der Waals surface area contributed by atoms with E-state index in [1.165, 1.54) is 0 Å². The highest BCUT2D eigenvalue weighted by Gasteiger charge is 2.21. The molecular formula is C14H22N4O. The minimum absolute atomic E-state index is 0.0237. The summed E-state index contributed by atoms with van der Waals surface area (Å²) in [6.07, 6.45) is 2.18. The molecule has 19 heavy (non-hydrogen) atoms. The summed E-state index contributed by atoms with van der Waals surface area (Å²) in [5, 5.41) is 3.25. The number of hydrogen-bond acceptors (Lipinski definition) is 4. The first-order valence-corrected chi connectivity index (χ1v) is 6.95. The minimum Gasteiger partial charge on any atom is -0.370 e. The number of aromatic nitrogens is 2. The van der Waals surface area contributed by atoms with Crippen LogP contribution in [0.2, 0.25) is 0 Å². The lowest BCUT2D eigenvalue weighted by Gasteiger charge is -2.15.